The van der Waals surface area contributed by atoms with Crippen molar-refractivity contribution in [2.45, 2.75) is 25.1 Å². The second-order valence-corrected chi connectivity index (χ2v) is 6.07. The van der Waals surface area contributed by atoms with Gasteiger partial charge in [0.1, 0.15) is 0 Å². The normalized spacial score (nSPS) is 17.8. The highest BCUT2D eigenvalue weighted by Gasteiger charge is 2.35. The monoisotopic (exact) mass is 302 g/mol. The summed E-state index contributed by atoms with van der Waals surface area (Å²) in [5.74, 6) is 1.75. The predicted molar refractivity (Wildman–Crippen MR) is 73.2 cm³/mol. The second-order valence-electron chi connectivity index (χ2n) is 4.84. The summed E-state index contributed by atoms with van der Waals surface area (Å²) < 4.78 is 40.7. The van der Waals surface area contributed by atoms with Gasteiger partial charge in [-0.05, 0) is 36.5 Å². The van der Waals surface area contributed by atoms with Gasteiger partial charge in [-0.1, -0.05) is 6.07 Å². The summed E-state index contributed by atoms with van der Waals surface area (Å²) in [6.07, 6.45) is -3.01. The van der Waals surface area contributed by atoms with E-state index in [1.54, 1.807) is 11.8 Å². The average Bonchev–Trinajstić information content (AvgIpc) is 2.74. The molecule has 0 amide bonds. The lowest BCUT2D eigenvalue weighted by Gasteiger charge is -2.23. The van der Waals surface area contributed by atoms with Crippen molar-refractivity contribution in [3.05, 3.63) is 34.2 Å². The zero-order valence-corrected chi connectivity index (χ0v) is 11.4. The van der Waals surface area contributed by atoms with E-state index in [4.69, 9.17) is 0 Å². The first-order valence-electron chi connectivity index (χ1n) is 6.36. The molecule has 1 fully saturated rings. The summed E-state index contributed by atoms with van der Waals surface area (Å²) in [5.41, 5.74) is -0.954. The third kappa shape index (κ3) is 2.24. The van der Waals surface area contributed by atoms with Gasteiger partial charge in [0, 0.05) is 6.04 Å². The van der Waals surface area contributed by atoms with Gasteiger partial charge in [-0.25, -0.2) is 4.79 Å². The molecule has 1 aliphatic heterocycles. The Morgan fingerprint density at radius 1 is 1.25 bits per heavy atom. The maximum Gasteiger partial charge on any atom is 0.418 e. The molecule has 1 saturated heterocycles. The molecule has 0 bridgehead atoms. The molecule has 0 radical (unpaired) electrons. The van der Waals surface area contributed by atoms with Gasteiger partial charge < -0.3 is 4.98 Å². The first-order valence-corrected chi connectivity index (χ1v) is 7.52. The maximum absolute atomic E-state index is 13.1. The Balaban J connectivity index is 2.25. The molecule has 0 aliphatic carbocycles. The Morgan fingerprint density at radius 2 is 1.95 bits per heavy atom. The molecular weight excluding hydrogens is 289 g/mol. The third-order valence-electron chi connectivity index (χ3n) is 3.60. The van der Waals surface area contributed by atoms with Crippen LogP contribution in [0.1, 0.15) is 24.4 Å². The fourth-order valence-corrected chi connectivity index (χ4v) is 3.78. The van der Waals surface area contributed by atoms with E-state index in [1.165, 1.54) is 16.7 Å². The third-order valence-corrected chi connectivity index (χ3v) is 4.65. The Hall–Kier alpha value is -1.37. The van der Waals surface area contributed by atoms with Gasteiger partial charge in [-0.3, -0.25) is 4.57 Å². The Labute approximate surface area is 117 Å². The van der Waals surface area contributed by atoms with Gasteiger partial charge in [0.15, 0.2) is 0 Å². The number of hydrogen-bond donors (Lipinski definition) is 1. The zero-order chi connectivity index (χ0) is 14.3. The number of alkyl halides is 3. The largest absolute Gasteiger partial charge is 0.418 e. The van der Waals surface area contributed by atoms with Crippen LogP contribution in [-0.2, 0) is 6.18 Å². The van der Waals surface area contributed by atoms with E-state index in [1.807, 2.05) is 0 Å². The Kier molecular flexibility index (Phi) is 3.32. The van der Waals surface area contributed by atoms with Crippen LogP contribution in [0.25, 0.3) is 11.0 Å². The fourth-order valence-electron chi connectivity index (χ4n) is 2.70. The topological polar surface area (TPSA) is 37.8 Å². The van der Waals surface area contributed by atoms with E-state index in [2.05, 4.69) is 4.98 Å². The molecule has 7 heteroatoms. The molecule has 3 rings (SSSR count). The molecule has 0 spiro atoms. The molecule has 2 aromatic rings. The van der Waals surface area contributed by atoms with Crippen LogP contribution in [-0.4, -0.2) is 21.1 Å². The zero-order valence-electron chi connectivity index (χ0n) is 10.5. The molecule has 3 nitrogen and oxygen atoms in total. The lowest BCUT2D eigenvalue weighted by Crippen LogP contribution is -2.26. The minimum atomic E-state index is -4.46. The van der Waals surface area contributed by atoms with E-state index < -0.39 is 17.4 Å². The molecule has 2 heterocycles. The van der Waals surface area contributed by atoms with Crippen LogP contribution in [0.3, 0.4) is 0 Å². The maximum atomic E-state index is 13.1. The SMILES string of the molecule is O=c1[nH]c2cccc(C(F)(F)F)c2n1C1CCSCC1. The number of imidazole rings is 1. The number of aromatic amines is 1. The van der Waals surface area contributed by atoms with Gasteiger partial charge in [0.2, 0.25) is 0 Å². The molecular formula is C13H13F3N2OS. The molecule has 1 aromatic carbocycles. The number of benzene rings is 1. The van der Waals surface area contributed by atoms with Crippen molar-refractivity contribution in [3.63, 3.8) is 0 Å². The number of nitrogens with one attached hydrogen (secondary N) is 1. The van der Waals surface area contributed by atoms with Crippen molar-refractivity contribution in [3.8, 4) is 0 Å². The van der Waals surface area contributed by atoms with E-state index in [0.29, 0.717) is 0 Å². The van der Waals surface area contributed by atoms with E-state index in [-0.39, 0.29) is 17.1 Å². The lowest BCUT2D eigenvalue weighted by molar-refractivity contribution is -0.136. The smallest absolute Gasteiger partial charge is 0.306 e. The van der Waals surface area contributed by atoms with Crippen LogP contribution in [0.5, 0.6) is 0 Å². The number of fused-ring (bicyclic) bond motifs is 1. The molecule has 0 atom stereocenters. The van der Waals surface area contributed by atoms with Crippen LogP contribution in [0, 0.1) is 0 Å². The lowest BCUT2D eigenvalue weighted by atomic mass is 10.1. The van der Waals surface area contributed by atoms with E-state index >= 15 is 0 Å². The number of rotatable bonds is 1. The fraction of sp³-hybridized carbons (Fsp3) is 0.462. The van der Waals surface area contributed by atoms with E-state index in [9.17, 15) is 18.0 Å². The summed E-state index contributed by atoms with van der Waals surface area (Å²) in [6, 6.07) is 3.72. The number of nitrogens with zero attached hydrogens (tertiary/aromatic N) is 1. The average molecular weight is 302 g/mol. The molecule has 1 aliphatic rings. The highest BCUT2D eigenvalue weighted by Crippen LogP contribution is 2.36. The van der Waals surface area contributed by atoms with Gasteiger partial charge in [-0.15, -0.1) is 0 Å². The standard InChI is InChI=1S/C13H13F3N2OS/c14-13(15,16)9-2-1-3-10-11(9)18(12(19)17-10)8-4-6-20-7-5-8/h1-3,8H,4-7H2,(H,17,19). The van der Waals surface area contributed by atoms with Crippen molar-refractivity contribution < 1.29 is 13.2 Å². The Bertz CT molecular complexity index is 683. The number of aromatic nitrogens is 2. The van der Waals surface area contributed by atoms with Crippen LogP contribution in [0.15, 0.2) is 23.0 Å². The van der Waals surface area contributed by atoms with Crippen molar-refractivity contribution in [2.75, 3.05) is 11.5 Å². The number of thioether (sulfide) groups is 1. The molecule has 0 saturated carbocycles. The van der Waals surface area contributed by atoms with Gasteiger partial charge in [0.05, 0.1) is 16.6 Å². The Morgan fingerprint density at radius 3 is 2.60 bits per heavy atom. The number of H-pyrrole nitrogens is 1. The highest BCUT2D eigenvalue weighted by atomic mass is 32.2. The van der Waals surface area contributed by atoms with Crippen LogP contribution in [0.2, 0.25) is 0 Å². The van der Waals surface area contributed by atoms with Crippen molar-refractivity contribution >= 4 is 22.8 Å². The van der Waals surface area contributed by atoms with Crippen LogP contribution in [0.4, 0.5) is 13.2 Å². The molecule has 1 aromatic heterocycles. The molecule has 1 N–H and O–H groups in total. The molecule has 108 valence electrons. The minimum absolute atomic E-state index is 0.0121. The summed E-state index contributed by atoms with van der Waals surface area (Å²) in [7, 11) is 0. The van der Waals surface area contributed by atoms with Crippen molar-refractivity contribution in [1.29, 1.82) is 0 Å². The van der Waals surface area contributed by atoms with Crippen LogP contribution < -0.4 is 5.69 Å². The quantitative estimate of drug-likeness (QED) is 0.876. The second kappa shape index (κ2) is 4.87. The van der Waals surface area contributed by atoms with Crippen molar-refractivity contribution in [1.82, 2.24) is 9.55 Å². The predicted octanol–water partition coefficient (Wildman–Crippen LogP) is 3.42. The first kappa shape index (κ1) is 13.6. The number of halogens is 3. The number of hydrogen-bond acceptors (Lipinski definition) is 2. The summed E-state index contributed by atoms with van der Waals surface area (Å²) in [4.78, 5) is 14.6. The first-order chi connectivity index (χ1) is 9.48. The minimum Gasteiger partial charge on any atom is -0.306 e. The summed E-state index contributed by atoms with van der Waals surface area (Å²) in [5, 5.41) is 0. The van der Waals surface area contributed by atoms with Gasteiger partial charge in [-0.2, -0.15) is 24.9 Å². The molecule has 0 unspecified atom stereocenters. The van der Waals surface area contributed by atoms with Crippen molar-refractivity contribution in [2.24, 2.45) is 0 Å². The van der Waals surface area contributed by atoms with Crippen LogP contribution >= 0.6 is 11.8 Å². The summed E-state index contributed by atoms with van der Waals surface area (Å²) in [6.45, 7) is 0. The number of para-hydroxylation sites is 1. The summed E-state index contributed by atoms with van der Waals surface area (Å²) >= 11 is 1.77. The highest BCUT2D eigenvalue weighted by molar-refractivity contribution is 7.99. The van der Waals surface area contributed by atoms with Gasteiger partial charge >= 0.3 is 11.9 Å². The molecule has 20 heavy (non-hydrogen) atoms. The van der Waals surface area contributed by atoms with Gasteiger partial charge in [0.25, 0.3) is 0 Å². The van der Waals surface area contributed by atoms with E-state index in [0.717, 1.165) is 30.4 Å².